The first kappa shape index (κ1) is 12.6. The first-order chi connectivity index (χ1) is 5.00. The molecule has 4 heteroatoms. The molecule has 0 rings (SSSR count). The number of hydrogen-bond donors (Lipinski definition) is 3. The summed E-state index contributed by atoms with van der Waals surface area (Å²) in [6.45, 7) is 3.17. The van der Waals surface area contributed by atoms with Gasteiger partial charge in [0.05, 0.1) is 5.84 Å². The van der Waals surface area contributed by atoms with Crippen molar-refractivity contribution in [3.63, 3.8) is 0 Å². The van der Waals surface area contributed by atoms with Gasteiger partial charge in [-0.05, 0) is 6.42 Å². The van der Waals surface area contributed by atoms with Crippen LogP contribution < -0.4 is 5.73 Å². The van der Waals surface area contributed by atoms with E-state index in [2.05, 4.69) is 6.92 Å². The number of aliphatic carboxylic acids is 1. The molecule has 0 aromatic rings. The average molecular weight is 160 g/mol. The van der Waals surface area contributed by atoms with E-state index >= 15 is 0 Å². The second-order valence-electron chi connectivity index (χ2n) is 2.15. The van der Waals surface area contributed by atoms with Crippen LogP contribution in [-0.4, -0.2) is 16.9 Å². The zero-order valence-electron chi connectivity index (χ0n) is 7.05. The summed E-state index contributed by atoms with van der Waals surface area (Å²) in [5, 5.41) is 14.2. The number of rotatable bonds is 3. The smallest absolute Gasteiger partial charge is 0.300 e. The molecule has 0 radical (unpaired) electrons. The maximum atomic E-state index is 9.00. The van der Waals surface area contributed by atoms with Crippen LogP contribution in [0.3, 0.4) is 0 Å². The molecule has 0 saturated carbocycles. The summed E-state index contributed by atoms with van der Waals surface area (Å²) >= 11 is 0. The zero-order valence-corrected chi connectivity index (χ0v) is 7.05. The van der Waals surface area contributed by atoms with E-state index in [-0.39, 0.29) is 0 Å². The summed E-state index contributed by atoms with van der Waals surface area (Å²) in [5.41, 5.74) is 5.06. The van der Waals surface area contributed by atoms with Crippen LogP contribution in [0.25, 0.3) is 0 Å². The Morgan fingerprint density at radius 3 is 2.09 bits per heavy atom. The molecule has 0 heterocycles. The van der Waals surface area contributed by atoms with E-state index in [0.717, 1.165) is 26.2 Å². The van der Waals surface area contributed by atoms with Crippen molar-refractivity contribution >= 4 is 11.8 Å². The summed E-state index contributed by atoms with van der Waals surface area (Å²) in [4.78, 5) is 9.00. The highest BCUT2D eigenvalue weighted by molar-refractivity contribution is 5.76. The fourth-order valence-corrected chi connectivity index (χ4v) is 0.367. The van der Waals surface area contributed by atoms with Gasteiger partial charge in [-0.2, -0.15) is 0 Å². The molecule has 0 aliphatic heterocycles. The van der Waals surface area contributed by atoms with E-state index in [4.69, 9.17) is 21.0 Å². The van der Waals surface area contributed by atoms with E-state index in [0.29, 0.717) is 5.84 Å². The van der Waals surface area contributed by atoms with Gasteiger partial charge >= 0.3 is 0 Å². The molecular weight excluding hydrogens is 144 g/mol. The van der Waals surface area contributed by atoms with Gasteiger partial charge in [-0.15, -0.1) is 0 Å². The second-order valence-corrected chi connectivity index (χ2v) is 2.15. The van der Waals surface area contributed by atoms with Crippen LogP contribution in [0.5, 0.6) is 0 Å². The predicted molar refractivity (Wildman–Crippen MR) is 44.7 cm³/mol. The lowest BCUT2D eigenvalue weighted by molar-refractivity contribution is -0.134. The number of nitrogens with two attached hydrogens (primary N) is 1. The molecule has 0 amide bonds. The molecule has 0 bridgehead atoms. The number of unbranched alkanes of at least 4 members (excludes halogenated alkanes) is 1. The maximum Gasteiger partial charge on any atom is 0.300 e. The predicted octanol–water partition coefficient (Wildman–Crippen LogP) is 1.20. The first-order valence-electron chi connectivity index (χ1n) is 3.53. The van der Waals surface area contributed by atoms with Crippen molar-refractivity contribution in [1.29, 1.82) is 5.41 Å². The Labute approximate surface area is 66.9 Å². The van der Waals surface area contributed by atoms with E-state index in [1.807, 2.05) is 0 Å². The number of carboxylic acid groups (broad SMARTS) is 1. The molecule has 0 fully saturated rings. The number of nitrogens with one attached hydrogen (secondary N) is 1. The van der Waals surface area contributed by atoms with Crippen molar-refractivity contribution in [3.8, 4) is 0 Å². The molecule has 0 saturated heterocycles. The molecule has 0 aliphatic rings. The molecular formula is C7H16N2O2. The number of carboxylic acids is 1. The fourth-order valence-electron chi connectivity index (χ4n) is 0.367. The lowest BCUT2D eigenvalue weighted by atomic mass is 10.2. The van der Waals surface area contributed by atoms with E-state index < -0.39 is 5.97 Å². The Morgan fingerprint density at radius 2 is 2.00 bits per heavy atom. The first-order valence-corrected chi connectivity index (χ1v) is 3.53. The summed E-state index contributed by atoms with van der Waals surface area (Å²) in [5.74, 6) is -0.526. The topological polar surface area (TPSA) is 87.2 Å². The zero-order chi connectivity index (χ0) is 9.28. The van der Waals surface area contributed by atoms with Gasteiger partial charge in [0.1, 0.15) is 0 Å². The lowest BCUT2D eigenvalue weighted by Crippen LogP contribution is -2.07. The maximum absolute atomic E-state index is 9.00. The van der Waals surface area contributed by atoms with Gasteiger partial charge in [0, 0.05) is 13.3 Å². The van der Waals surface area contributed by atoms with Crippen LogP contribution in [0, 0.1) is 5.41 Å². The molecule has 0 atom stereocenters. The van der Waals surface area contributed by atoms with Crippen LogP contribution in [0.15, 0.2) is 0 Å². The highest BCUT2D eigenvalue weighted by Gasteiger charge is 1.83. The van der Waals surface area contributed by atoms with Crippen LogP contribution >= 0.6 is 0 Å². The minimum atomic E-state index is -0.833. The summed E-state index contributed by atoms with van der Waals surface area (Å²) in [7, 11) is 0. The van der Waals surface area contributed by atoms with E-state index in [1.54, 1.807) is 0 Å². The summed E-state index contributed by atoms with van der Waals surface area (Å²) in [6, 6.07) is 0. The molecule has 66 valence electrons. The van der Waals surface area contributed by atoms with Gasteiger partial charge in [-0.1, -0.05) is 13.3 Å². The van der Waals surface area contributed by atoms with E-state index in [9.17, 15) is 0 Å². The van der Waals surface area contributed by atoms with Crippen LogP contribution in [-0.2, 0) is 4.79 Å². The van der Waals surface area contributed by atoms with Gasteiger partial charge in [-0.3, -0.25) is 10.2 Å². The lowest BCUT2D eigenvalue weighted by Gasteiger charge is -1.90. The normalized spacial score (nSPS) is 7.82. The van der Waals surface area contributed by atoms with E-state index in [1.165, 1.54) is 0 Å². The molecule has 4 N–H and O–H groups in total. The fraction of sp³-hybridized carbons (Fsp3) is 0.714. The van der Waals surface area contributed by atoms with Crippen molar-refractivity contribution in [3.05, 3.63) is 0 Å². The Balaban J connectivity index is 0. The molecule has 0 aliphatic carbocycles. The second kappa shape index (κ2) is 8.94. The Kier molecular flexibility index (Phi) is 10.2. The minimum absolute atomic E-state index is 0.307. The third-order valence-electron chi connectivity index (χ3n) is 0.800. The molecule has 0 aromatic heterocycles. The Hall–Kier alpha value is -1.06. The monoisotopic (exact) mass is 160 g/mol. The molecule has 0 unspecified atom stereocenters. The number of amidine groups is 1. The van der Waals surface area contributed by atoms with Crippen molar-refractivity contribution in [2.24, 2.45) is 5.73 Å². The third kappa shape index (κ3) is 49.8. The van der Waals surface area contributed by atoms with Crippen molar-refractivity contribution in [1.82, 2.24) is 0 Å². The number of carbonyl (C=O) groups is 1. The standard InChI is InChI=1S/C5H12N2.C2H4O2/c1-2-3-4-5(6)7;1-2(3)4/h2-4H2,1H3,(H3,6,7);1H3,(H,3,4). The van der Waals surface area contributed by atoms with Gasteiger partial charge in [0.25, 0.3) is 5.97 Å². The molecule has 0 aromatic carbocycles. The third-order valence-corrected chi connectivity index (χ3v) is 0.800. The van der Waals surface area contributed by atoms with Crippen molar-refractivity contribution in [2.75, 3.05) is 0 Å². The number of hydrogen-bond acceptors (Lipinski definition) is 2. The molecule has 4 nitrogen and oxygen atoms in total. The van der Waals surface area contributed by atoms with Crippen molar-refractivity contribution < 1.29 is 9.90 Å². The van der Waals surface area contributed by atoms with Gasteiger partial charge < -0.3 is 10.8 Å². The van der Waals surface area contributed by atoms with Crippen molar-refractivity contribution in [2.45, 2.75) is 33.1 Å². The minimum Gasteiger partial charge on any atom is -0.481 e. The van der Waals surface area contributed by atoms with Crippen LogP contribution in [0.2, 0.25) is 0 Å². The van der Waals surface area contributed by atoms with Gasteiger partial charge in [-0.25, -0.2) is 0 Å². The summed E-state index contributed by atoms with van der Waals surface area (Å²) < 4.78 is 0. The SMILES string of the molecule is CC(=O)O.CCCCC(=N)N. The Bertz CT molecular complexity index is 120. The highest BCUT2D eigenvalue weighted by atomic mass is 16.4. The molecule has 0 spiro atoms. The quantitative estimate of drug-likeness (QED) is 0.428. The Morgan fingerprint density at radius 1 is 1.64 bits per heavy atom. The van der Waals surface area contributed by atoms with Crippen LogP contribution in [0.4, 0.5) is 0 Å². The van der Waals surface area contributed by atoms with Gasteiger partial charge in [0.15, 0.2) is 0 Å². The summed E-state index contributed by atoms with van der Waals surface area (Å²) in [6.07, 6.45) is 2.94. The van der Waals surface area contributed by atoms with Crippen LogP contribution in [0.1, 0.15) is 33.1 Å². The largest absolute Gasteiger partial charge is 0.481 e. The molecule has 11 heavy (non-hydrogen) atoms. The van der Waals surface area contributed by atoms with Gasteiger partial charge in [0.2, 0.25) is 0 Å². The average Bonchev–Trinajstić information content (AvgIpc) is 1.82. The highest BCUT2D eigenvalue weighted by Crippen LogP contribution is 1.90.